The van der Waals surface area contributed by atoms with Crippen molar-refractivity contribution in [3.05, 3.63) is 41.6 Å². The Bertz CT molecular complexity index is 714. The first-order chi connectivity index (χ1) is 10.1. The van der Waals surface area contributed by atoms with Gasteiger partial charge in [-0.2, -0.15) is 0 Å². The zero-order valence-corrected chi connectivity index (χ0v) is 11.7. The first-order valence-electron chi connectivity index (χ1n) is 6.21. The standard InChI is InChI=1S/C15H15NO5/c1-20-13(18)7-10(15(19)21-2)14-9-5-3-4-6-11(9)16-12(14)8-17/h3-7,16-17H,8H2,1-2H3/b10-7-. The second-order valence-corrected chi connectivity index (χ2v) is 4.26. The van der Waals surface area contributed by atoms with E-state index in [0.717, 1.165) is 11.6 Å². The van der Waals surface area contributed by atoms with Gasteiger partial charge in [-0.3, -0.25) is 0 Å². The van der Waals surface area contributed by atoms with Gasteiger partial charge < -0.3 is 19.6 Å². The zero-order valence-electron chi connectivity index (χ0n) is 11.7. The van der Waals surface area contributed by atoms with Gasteiger partial charge in [0.1, 0.15) is 0 Å². The van der Waals surface area contributed by atoms with Crippen molar-refractivity contribution in [1.82, 2.24) is 4.98 Å². The van der Waals surface area contributed by atoms with Crippen LogP contribution in [-0.4, -0.2) is 36.2 Å². The third kappa shape index (κ3) is 2.80. The van der Waals surface area contributed by atoms with E-state index >= 15 is 0 Å². The van der Waals surface area contributed by atoms with E-state index in [1.807, 2.05) is 12.1 Å². The van der Waals surface area contributed by atoms with E-state index in [0.29, 0.717) is 16.6 Å². The molecule has 0 aliphatic rings. The van der Waals surface area contributed by atoms with Crippen molar-refractivity contribution in [2.75, 3.05) is 14.2 Å². The number of ether oxygens (including phenoxy) is 2. The quantitative estimate of drug-likeness (QED) is 0.656. The van der Waals surface area contributed by atoms with E-state index in [1.54, 1.807) is 12.1 Å². The summed E-state index contributed by atoms with van der Waals surface area (Å²) in [4.78, 5) is 26.5. The molecule has 1 aromatic carbocycles. The molecule has 1 aromatic heterocycles. The smallest absolute Gasteiger partial charge is 0.338 e. The molecule has 0 fully saturated rings. The number of aliphatic hydroxyl groups excluding tert-OH is 1. The van der Waals surface area contributed by atoms with E-state index < -0.39 is 11.9 Å². The van der Waals surface area contributed by atoms with Crippen molar-refractivity contribution in [3.63, 3.8) is 0 Å². The normalized spacial score (nSPS) is 11.5. The van der Waals surface area contributed by atoms with Gasteiger partial charge in [0.15, 0.2) is 0 Å². The summed E-state index contributed by atoms with van der Waals surface area (Å²) in [5.74, 6) is -1.36. The van der Waals surface area contributed by atoms with Gasteiger partial charge in [-0.1, -0.05) is 18.2 Å². The fourth-order valence-electron chi connectivity index (χ4n) is 2.14. The van der Waals surface area contributed by atoms with Crippen LogP contribution >= 0.6 is 0 Å². The molecule has 110 valence electrons. The maximum absolute atomic E-state index is 12.0. The first-order valence-corrected chi connectivity index (χ1v) is 6.21. The Morgan fingerprint density at radius 2 is 1.95 bits per heavy atom. The summed E-state index contributed by atoms with van der Waals surface area (Å²) in [6.45, 7) is -0.306. The lowest BCUT2D eigenvalue weighted by Crippen LogP contribution is -2.09. The molecule has 2 N–H and O–H groups in total. The zero-order chi connectivity index (χ0) is 15.4. The predicted octanol–water partition coefficient (Wildman–Crippen LogP) is 1.39. The molecular weight excluding hydrogens is 274 g/mol. The van der Waals surface area contributed by atoms with Crippen LogP contribution in [0.4, 0.5) is 0 Å². The summed E-state index contributed by atoms with van der Waals surface area (Å²) in [5.41, 5.74) is 1.64. The molecule has 0 bridgehead atoms. The van der Waals surface area contributed by atoms with Gasteiger partial charge >= 0.3 is 11.9 Å². The van der Waals surface area contributed by atoms with Crippen LogP contribution in [0.25, 0.3) is 16.5 Å². The number of carbonyl (C=O) groups is 2. The second kappa shape index (κ2) is 6.23. The predicted molar refractivity (Wildman–Crippen MR) is 76.2 cm³/mol. The summed E-state index contributed by atoms with van der Waals surface area (Å²) in [7, 11) is 2.44. The maximum Gasteiger partial charge on any atom is 0.338 e. The first kappa shape index (κ1) is 14.8. The number of methoxy groups -OCH3 is 2. The van der Waals surface area contributed by atoms with E-state index in [9.17, 15) is 14.7 Å². The molecule has 0 unspecified atom stereocenters. The highest BCUT2D eigenvalue weighted by atomic mass is 16.5. The number of esters is 2. The molecule has 0 aliphatic heterocycles. The number of aromatic nitrogens is 1. The Labute approximate surface area is 121 Å². The number of fused-ring (bicyclic) bond motifs is 1. The lowest BCUT2D eigenvalue weighted by atomic mass is 10.0. The third-order valence-corrected chi connectivity index (χ3v) is 3.08. The minimum atomic E-state index is -0.681. The third-order valence-electron chi connectivity index (χ3n) is 3.08. The minimum Gasteiger partial charge on any atom is -0.466 e. The molecule has 6 nitrogen and oxygen atoms in total. The van der Waals surface area contributed by atoms with Crippen molar-refractivity contribution in [2.45, 2.75) is 6.61 Å². The van der Waals surface area contributed by atoms with Crippen LogP contribution in [0, 0.1) is 0 Å². The van der Waals surface area contributed by atoms with Gasteiger partial charge in [0, 0.05) is 28.2 Å². The van der Waals surface area contributed by atoms with Crippen molar-refractivity contribution >= 4 is 28.4 Å². The van der Waals surface area contributed by atoms with Gasteiger partial charge in [0.05, 0.1) is 26.4 Å². The van der Waals surface area contributed by atoms with Crippen LogP contribution in [-0.2, 0) is 25.7 Å². The lowest BCUT2D eigenvalue weighted by molar-refractivity contribution is -0.136. The van der Waals surface area contributed by atoms with Gasteiger partial charge in [0.25, 0.3) is 0 Å². The lowest BCUT2D eigenvalue weighted by Gasteiger charge is -2.06. The van der Waals surface area contributed by atoms with Crippen LogP contribution in [0.15, 0.2) is 30.3 Å². The molecule has 0 aliphatic carbocycles. The number of hydrogen-bond acceptors (Lipinski definition) is 5. The molecule has 1 heterocycles. The van der Waals surface area contributed by atoms with E-state index in [1.165, 1.54) is 14.2 Å². The Kier molecular flexibility index (Phi) is 4.39. The number of H-pyrrole nitrogens is 1. The average Bonchev–Trinajstić information content (AvgIpc) is 2.89. The van der Waals surface area contributed by atoms with Crippen LogP contribution in [0.5, 0.6) is 0 Å². The molecule has 0 saturated heterocycles. The van der Waals surface area contributed by atoms with Crippen LogP contribution in [0.3, 0.4) is 0 Å². The van der Waals surface area contributed by atoms with Gasteiger partial charge in [-0.25, -0.2) is 9.59 Å². The number of benzene rings is 1. The molecule has 0 amide bonds. The maximum atomic E-state index is 12.0. The highest BCUT2D eigenvalue weighted by Crippen LogP contribution is 2.30. The molecule has 0 spiro atoms. The average molecular weight is 289 g/mol. The summed E-state index contributed by atoms with van der Waals surface area (Å²) < 4.78 is 9.28. The molecule has 2 rings (SSSR count). The van der Waals surface area contributed by atoms with Crippen LogP contribution < -0.4 is 0 Å². The molecule has 0 radical (unpaired) electrons. The Hall–Kier alpha value is -2.60. The summed E-state index contributed by atoms with van der Waals surface area (Å²) >= 11 is 0. The second-order valence-electron chi connectivity index (χ2n) is 4.26. The Balaban J connectivity index is 2.72. The van der Waals surface area contributed by atoms with Crippen molar-refractivity contribution in [3.8, 4) is 0 Å². The Morgan fingerprint density at radius 1 is 1.24 bits per heavy atom. The monoisotopic (exact) mass is 289 g/mol. The molecule has 21 heavy (non-hydrogen) atoms. The highest BCUT2D eigenvalue weighted by Gasteiger charge is 2.22. The molecule has 0 saturated carbocycles. The molecule has 0 atom stereocenters. The fourth-order valence-corrected chi connectivity index (χ4v) is 2.14. The van der Waals surface area contributed by atoms with Crippen molar-refractivity contribution in [1.29, 1.82) is 0 Å². The number of aromatic amines is 1. The van der Waals surface area contributed by atoms with E-state index in [4.69, 9.17) is 4.74 Å². The minimum absolute atomic E-state index is 0.0332. The van der Waals surface area contributed by atoms with Crippen LogP contribution in [0.2, 0.25) is 0 Å². The number of carbonyl (C=O) groups excluding carboxylic acids is 2. The molecule has 2 aromatic rings. The van der Waals surface area contributed by atoms with Crippen molar-refractivity contribution in [2.24, 2.45) is 0 Å². The van der Waals surface area contributed by atoms with E-state index in [2.05, 4.69) is 9.72 Å². The summed E-state index contributed by atoms with van der Waals surface area (Å²) in [6.07, 6.45) is 1.06. The SMILES string of the molecule is COC(=O)/C=C(\C(=O)OC)c1c(CO)[nH]c2ccccc12. The van der Waals surface area contributed by atoms with Gasteiger partial charge in [-0.05, 0) is 6.07 Å². The number of rotatable bonds is 4. The molecular formula is C15H15NO5. The van der Waals surface area contributed by atoms with Crippen molar-refractivity contribution < 1.29 is 24.2 Å². The highest BCUT2D eigenvalue weighted by molar-refractivity contribution is 6.24. The van der Waals surface area contributed by atoms with Gasteiger partial charge in [-0.15, -0.1) is 0 Å². The fraction of sp³-hybridized carbons (Fsp3) is 0.200. The number of nitrogens with one attached hydrogen (secondary N) is 1. The number of hydrogen-bond donors (Lipinski definition) is 2. The molecule has 6 heteroatoms. The summed E-state index contributed by atoms with van der Waals surface area (Å²) in [6, 6.07) is 7.22. The number of para-hydroxylation sites is 1. The topological polar surface area (TPSA) is 88.6 Å². The number of aliphatic hydroxyl groups is 1. The summed E-state index contributed by atoms with van der Waals surface area (Å²) in [5, 5.41) is 10.2. The van der Waals surface area contributed by atoms with E-state index in [-0.39, 0.29) is 12.2 Å². The van der Waals surface area contributed by atoms with Crippen LogP contribution in [0.1, 0.15) is 11.3 Å². The van der Waals surface area contributed by atoms with Gasteiger partial charge in [0.2, 0.25) is 0 Å². The Morgan fingerprint density at radius 3 is 2.57 bits per heavy atom. The largest absolute Gasteiger partial charge is 0.466 e.